The molecule has 0 unspecified atom stereocenters. The van der Waals surface area contributed by atoms with E-state index in [4.69, 9.17) is 5.73 Å². The molecule has 21 heavy (non-hydrogen) atoms. The van der Waals surface area contributed by atoms with Gasteiger partial charge in [-0.3, -0.25) is 9.59 Å². The number of benzene rings is 1. The van der Waals surface area contributed by atoms with Crippen molar-refractivity contribution in [3.05, 3.63) is 35.6 Å². The van der Waals surface area contributed by atoms with Crippen LogP contribution in [-0.4, -0.2) is 35.8 Å². The molecule has 0 radical (unpaired) electrons. The Morgan fingerprint density at radius 3 is 2.67 bits per heavy atom. The molecule has 3 N–H and O–H groups in total. The molecule has 5 nitrogen and oxygen atoms in total. The monoisotopic (exact) mass is 315 g/mol. The molecule has 1 aromatic carbocycles. The van der Waals surface area contributed by atoms with Gasteiger partial charge in [0, 0.05) is 12.6 Å². The van der Waals surface area contributed by atoms with Crippen molar-refractivity contribution in [2.75, 3.05) is 13.1 Å². The van der Waals surface area contributed by atoms with Gasteiger partial charge in [-0.15, -0.1) is 12.4 Å². The van der Waals surface area contributed by atoms with Crippen LogP contribution in [0.2, 0.25) is 0 Å². The summed E-state index contributed by atoms with van der Waals surface area (Å²) >= 11 is 0. The van der Waals surface area contributed by atoms with Crippen molar-refractivity contribution in [3.8, 4) is 0 Å². The molecule has 0 spiro atoms. The van der Waals surface area contributed by atoms with Crippen molar-refractivity contribution in [2.24, 2.45) is 5.73 Å². The lowest BCUT2D eigenvalue weighted by Gasteiger charge is -2.22. The first-order chi connectivity index (χ1) is 9.60. The van der Waals surface area contributed by atoms with Crippen LogP contribution >= 0.6 is 12.4 Å². The van der Waals surface area contributed by atoms with E-state index in [-0.39, 0.29) is 49.2 Å². The smallest absolute Gasteiger partial charge is 0.242 e. The van der Waals surface area contributed by atoms with Crippen LogP contribution in [-0.2, 0) is 16.1 Å². The van der Waals surface area contributed by atoms with E-state index in [2.05, 4.69) is 5.32 Å². The van der Waals surface area contributed by atoms with Gasteiger partial charge in [0.2, 0.25) is 11.8 Å². The largest absolute Gasteiger partial charge is 0.346 e. The summed E-state index contributed by atoms with van der Waals surface area (Å²) in [6.45, 7) is 0.155. The first-order valence-electron chi connectivity index (χ1n) is 6.61. The second-order valence-corrected chi connectivity index (χ2v) is 4.86. The minimum atomic E-state index is -0.361. The predicted molar refractivity (Wildman–Crippen MR) is 79.3 cm³/mol. The SMILES string of the molecule is Cl.NCC(=O)NCC(=O)N(Cc1cccc(F)c1)C1CC1. The predicted octanol–water partition coefficient (Wildman–Crippen LogP) is 0.813. The normalized spacial score (nSPS) is 13.2. The van der Waals surface area contributed by atoms with E-state index in [1.807, 2.05) is 0 Å². The molecular weight excluding hydrogens is 297 g/mol. The number of nitrogens with one attached hydrogen (secondary N) is 1. The molecule has 7 heteroatoms. The minimum absolute atomic E-state index is 0. The van der Waals surface area contributed by atoms with Crippen LogP contribution in [0.3, 0.4) is 0 Å². The summed E-state index contributed by atoms with van der Waals surface area (Å²) in [5, 5.41) is 2.46. The average molecular weight is 316 g/mol. The van der Waals surface area contributed by atoms with Crippen LogP contribution in [0.5, 0.6) is 0 Å². The molecule has 1 fully saturated rings. The zero-order valence-electron chi connectivity index (χ0n) is 11.5. The minimum Gasteiger partial charge on any atom is -0.346 e. The van der Waals surface area contributed by atoms with E-state index < -0.39 is 0 Å². The standard InChI is InChI=1S/C14H18FN3O2.ClH/c15-11-3-1-2-10(6-11)9-18(12-4-5-12)14(20)8-17-13(19)7-16;/h1-3,6,12H,4-5,7-9,16H2,(H,17,19);1H. The van der Waals surface area contributed by atoms with E-state index in [9.17, 15) is 14.0 Å². The second kappa shape index (κ2) is 7.95. The van der Waals surface area contributed by atoms with Gasteiger partial charge in [-0.1, -0.05) is 12.1 Å². The Labute approximate surface area is 129 Å². The van der Waals surface area contributed by atoms with Gasteiger partial charge < -0.3 is 16.0 Å². The van der Waals surface area contributed by atoms with Gasteiger partial charge in [-0.25, -0.2) is 4.39 Å². The fourth-order valence-electron chi connectivity index (χ4n) is 1.99. The van der Waals surface area contributed by atoms with Gasteiger partial charge in [0.25, 0.3) is 0 Å². The maximum Gasteiger partial charge on any atom is 0.242 e. The van der Waals surface area contributed by atoms with Crippen molar-refractivity contribution in [1.82, 2.24) is 10.2 Å². The lowest BCUT2D eigenvalue weighted by Crippen LogP contribution is -2.42. The Balaban J connectivity index is 0.00000220. The first-order valence-corrected chi connectivity index (χ1v) is 6.61. The second-order valence-electron chi connectivity index (χ2n) is 4.86. The van der Waals surface area contributed by atoms with Crippen molar-refractivity contribution in [1.29, 1.82) is 0 Å². The van der Waals surface area contributed by atoms with E-state index in [1.165, 1.54) is 12.1 Å². The molecule has 116 valence electrons. The van der Waals surface area contributed by atoms with Gasteiger partial charge in [0.05, 0.1) is 13.1 Å². The summed E-state index contributed by atoms with van der Waals surface area (Å²) in [4.78, 5) is 24.9. The maximum atomic E-state index is 13.2. The lowest BCUT2D eigenvalue weighted by atomic mass is 10.2. The molecule has 2 rings (SSSR count). The number of rotatable bonds is 6. The fourth-order valence-corrected chi connectivity index (χ4v) is 1.99. The van der Waals surface area contributed by atoms with Crippen molar-refractivity contribution < 1.29 is 14.0 Å². The van der Waals surface area contributed by atoms with E-state index in [0.29, 0.717) is 6.54 Å². The summed E-state index contributed by atoms with van der Waals surface area (Å²) in [5.41, 5.74) is 5.91. The fraction of sp³-hybridized carbons (Fsp3) is 0.429. The molecule has 0 heterocycles. The number of hydrogen-bond donors (Lipinski definition) is 2. The zero-order valence-corrected chi connectivity index (χ0v) is 12.4. The number of hydrogen-bond acceptors (Lipinski definition) is 3. The Bertz CT molecular complexity index is 509. The number of halogens is 2. The number of nitrogens with zero attached hydrogens (tertiary/aromatic N) is 1. The van der Waals surface area contributed by atoms with Crippen LogP contribution in [0, 0.1) is 5.82 Å². The molecule has 2 amide bonds. The third kappa shape index (κ3) is 5.32. The molecule has 1 aliphatic rings. The summed E-state index contributed by atoms with van der Waals surface area (Å²) in [6, 6.07) is 6.39. The topological polar surface area (TPSA) is 75.4 Å². The molecule has 0 saturated heterocycles. The molecule has 0 atom stereocenters. The molecule has 1 aliphatic carbocycles. The Kier molecular flexibility index (Phi) is 6.58. The Hall–Kier alpha value is -1.66. The molecule has 1 aromatic rings. The van der Waals surface area contributed by atoms with Gasteiger partial charge in [0.15, 0.2) is 0 Å². The van der Waals surface area contributed by atoms with Crippen molar-refractivity contribution in [2.45, 2.75) is 25.4 Å². The maximum absolute atomic E-state index is 13.2. The van der Waals surface area contributed by atoms with E-state index in [1.54, 1.807) is 17.0 Å². The summed E-state index contributed by atoms with van der Waals surface area (Å²) in [6.07, 6.45) is 1.90. The molecular formula is C14H19ClFN3O2. The highest BCUT2D eigenvalue weighted by molar-refractivity contribution is 5.86. The molecule has 0 aliphatic heterocycles. The number of carbonyl (C=O) groups excluding carboxylic acids is 2. The van der Waals surface area contributed by atoms with Crippen LogP contribution in [0.1, 0.15) is 18.4 Å². The van der Waals surface area contributed by atoms with E-state index >= 15 is 0 Å². The van der Waals surface area contributed by atoms with Gasteiger partial charge in [-0.2, -0.15) is 0 Å². The summed E-state index contributed by atoms with van der Waals surface area (Å²) in [7, 11) is 0. The number of nitrogens with two attached hydrogens (primary N) is 1. The van der Waals surface area contributed by atoms with Gasteiger partial charge in [-0.05, 0) is 30.5 Å². The summed E-state index contributed by atoms with van der Waals surface area (Å²) < 4.78 is 13.2. The average Bonchev–Trinajstić information content (AvgIpc) is 3.26. The lowest BCUT2D eigenvalue weighted by molar-refractivity contribution is -0.133. The highest BCUT2D eigenvalue weighted by Crippen LogP contribution is 2.28. The number of carbonyl (C=O) groups is 2. The molecule has 0 bridgehead atoms. The third-order valence-electron chi connectivity index (χ3n) is 3.17. The van der Waals surface area contributed by atoms with E-state index in [0.717, 1.165) is 18.4 Å². The zero-order chi connectivity index (χ0) is 14.5. The molecule has 1 saturated carbocycles. The number of amides is 2. The van der Waals surface area contributed by atoms with Crippen LogP contribution in [0.4, 0.5) is 4.39 Å². The highest BCUT2D eigenvalue weighted by Gasteiger charge is 2.32. The first kappa shape index (κ1) is 17.4. The van der Waals surface area contributed by atoms with Crippen molar-refractivity contribution in [3.63, 3.8) is 0 Å². The van der Waals surface area contributed by atoms with Crippen LogP contribution < -0.4 is 11.1 Å². The Morgan fingerprint density at radius 1 is 1.38 bits per heavy atom. The molecule has 0 aromatic heterocycles. The van der Waals surface area contributed by atoms with Gasteiger partial charge >= 0.3 is 0 Å². The van der Waals surface area contributed by atoms with Crippen molar-refractivity contribution >= 4 is 24.2 Å². The Morgan fingerprint density at radius 2 is 2.10 bits per heavy atom. The summed E-state index contributed by atoms with van der Waals surface area (Å²) in [5.74, 6) is -0.847. The van der Waals surface area contributed by atoms with Crippen LogP contribution in [0.25, 0.3) is 0 Å². The van der Waals surface area contributed by atoms with Gasteiger partial charge in [0.1, 0.15) is 5.82 Å². The third-order valence-corrected chi connectivity index (χ3v) is 3.17. The quantitative estimate of drug-likeness (QED) is 0.816. The van der Waals surface area contributed by atoms with Crippen LogP contribution in [0.15, 0.2) is 24.3 Å². The highest BCUT2D eigenvalue weighted by atomic mass is 35.5.